The van der Waals surface area contributed by atoms with Gasteiger partial charge in [-0.15, -0.1) is 11.8 Å². The Morgan fingerprint density at radius 2 is 2.04 bits per heavy atom. The van der Waals surface area contributed by atoms with Gasteiger partial charge in [-0.2, -0.15) is 0 Å². The van der Waals surface area contributed by atoms with Gasteiger partial charge >= 0.3 is 5.97 Å². The van der Waals surface area contributed by atoms with Gasteiger partial charge in [0, 0.05) is 22.0 Å². The standard InChI is InChI=1S/C20H26N2O3S/c1-5-25-19(23)17-12-26-18-15(10-20(2,3)11-16(18)22-17)21-13-6-8-14(24-4)9-7-13/h6-9,17,21H,5,10-12H2,1-4H3. The van der Waals surface area contributed by atoms with Crippen molar-refractivity contribution in [1.82, 2.24) is 0 Å². The molecule has 3 rings (SSSR count). The number of thioether (sulfide) groups is 1. The molecule has 0 spiro atoms. The van der Waals surface area contributed by atoms with Gasteiger partial charge in [0.2, 0.25) is 0 Å². The molecule has 1 heterocycles. The molecular weight excluding hydrogens is 348 g/mol. The van der Waals surface area contributed by atoms with Crippen LogP contribution in [0.5, 0.6) is 5.75 Å². The summed E-state index contributed by atoms with van der Waals surface area (Å²) in [5.41, 5.74) is 3.32. The van der Waals surface area contributed by atoms with E-state index in [0.717, 1.165) is 30.0 Å². The molecule has 1 aromatic carbocycles. The molecule has 1 aliphatic carbocycles. The number of hydrogen-bond acceptors (Lipinski definition) is 6. The second kappa shape index (κ2) is 7.74. The number of allylic oxidation sites excluding steroid dienone is 2. The van der Waals surface area contributed by atoms with Crippen LogP contribution in [0.2, 0.25) is 0 Å². The number of fused-ring (bicyclic) bond motifs is 1. The van der Waals surface area contributed by atoms with Crippen molar-refractivity contribution in [2.45, 2.75) is 39.7 Å². The fraction of sp³-hybridized carbons (Fsp3) is 0.500. The fourth-order valence-corrected chi connectivity index (χ4v) is 4.42. The zero-order chi connectivity index (χ0) is 18.7. The summed E-state index contributed by atoms with van der Waals surface area (Å²) >= 11 is 1.71. The summed E-state index contributed by atoms with van der Waals surface area (Å²) in [4.78, 5) is 18.0. The molecule has 0 saturated heterocycles. The third kappa shape index (κ3) is 4.23. The number of carbonyl (C=O) groups excluding carboxylic acids is 1. The first kappa shape index (κ1) is 18.8. The quantitative estimate of drug-likeness (QED) is 0.781. The Labute approximate surface area is 159 Å². The van der Waals surface area contributed by atoms with Crippen LogP contribution < -0.4 is 10.1 Å². The van der Waals surface area contributed by atoms with E-state index in [4.69, 9.17) is 14.5 Å². The molecule has 26 heavy (non-hydrogen) atoms. The molecule has 0 aromatic heterocycles. The molecule has 0 saturated carbocycles. The van der Waals surface area contributed by atoms with Crippen molar-refractivity contribution in [2.24, 2.45) is 10.4 Å². The molecular formula is C20H26N2O3S. The SMILES string of the molecule is CCOC(=O)C1CSC2=C(Nc3ccc(OC)cc3)CC(C)(C)CC2=N1. The number of methoxy groups -OCH3 is 1. The molecule has 0 fully saturated rings. The van der Waals surface area contributed by atoms with E-state index in [1.807, 2.05) is 31.2 Å². The minimum atomic E-state index is -0.394. The first-order valence-corrected chi connectivity index (χ1v) is 9.91. The average molecular weight is 375 g/mol. The zero-order valence-electron chi connectivity index (χ0n) is 15.8. The number of aliphatic imine (C=N–C) groups is 1. The van der Waals surface area contributed by atoms with E-state index in [0.29, 0.717) is 12.4 Å². The monoisotopic (exact) mass is 374 g/mol. The van der Waals surface area contributed by atoms with Crippen LogP contribution in [0.1, 0.15) is 33.6 Å². The number of anilines is 1. The second-order valence-electron chi connectivity index (χ2n) is 7.33. The summed E-state index contributed by atoms with van der Waals surface area (Å²) in [5.74, 6) is 1.25. The number of hydrogen-bond donors (Lipinski definition) is 1. The summed E-state index contributed by atoms with van der Waals surface area (Å²) in [6.07, 6.45) is 1.82. The van der Waals surface area contributed by atoms with E-state index >= 15 is 0 Å². The highest BCUT2D eigenvalue weighted by molar-refractivity contribution is 8.04. The molecule has 1 unspecified atom stereocenters. The number of benzene rings is 1. The van der Waals surface area contributed by atoms with E-state index < -0.39 is 6.04 Å². The van der Waals surface area contributed by atoms with Crippen LogP contribution in [-0.4, -0.2) is 37.2 Å². The summed E-state index contributed by atoms with van der Waals surface area (Å²) < 4.78 is 10.4. The van der Waals surface area contributed by atoms with Crippen molar-refractivity contribution in [1.29, 1.82) is 0 Å². The number of rotatable bonds is 5. The normalized spacial score (nSPS) is 21.5. The maximum absolute atomic E-state index is 12.1. The van der Waals surface area contributed by atoms with E-state index in [2.05, 4.69) is 19.2 Å². The molecule has 1 N–H and O–H groups in total. The molecule has 1 aliphatic heterocycles. The van der Waals surface area contributed by atoms with Crippen LogP contribution in [0.3, 0.4) is 0 Å². The van der Waals surface area contributed by atoms with Crippen molar-refractivity contribution in [2.75, 3.05) is 24.8 Å². The average Bonchev–Trinajstić information content (AvgIpc) is 2.61. The molecule has 0 bridgehead atoms. The summed E-state index contributed by atoms with van der Waals surface area (Å²) in [7, 11) is 1.66. The van der Waals surface area contributed by atoms with Crippen LogP contribution in [0.25, 0.3) is 0 Å². The van der Waals surface area contributed by atoms with E-state index in [1.165, 1.54) is 10.6 Å². The lowest BCUT2D eigenvalue weighted by Crippen LogP contribution is -2.34. The van der Waals surface area contributed by atoms with Crippen LogP contribution in [-0.2, 0) is 9.53 Å². The molecule has 0 radical (unpaired) electrons. The Morgan fingerprint density at radius 1 is 1.31 bits per heavy atom. The zero-order valence-corrected chi connectivity index (χ0v) is 16.6. The highest BCUT2D eigenvalue weighted by atomic mass is 32.2. The first-order valence-electron chi connectivity index (χ1n) is 8.92. The highest BCUT2D eigenvalue weighted by Crippen LogP contribution is 2.43. The van der Waals surface area contributed by atoms with Crippen LogP contribution >= 0.6 is 11.8 Å². The van der Waals surface area contributed by atoms with E-state index in [-0.39, 0.29) is 11.4 Å². The van der Waals surface area contributed by atoms with Crippen LogP contribution in [0, 0.1) is 5.41 Å². The van der Waals surface area contributed by atoms with Crippen LogP contribution in [0.15, 0.2) is 39.9 Å². The molecule has 1 atom stereocenters. The van der Waals surface area contributed by atoms with Gasteiger partial charge in [-0.1, -0.05) is 13.8 Å². The Bertz CT molecular complexity index is 738. The summed E-state index contributed by atoms with van der Waals surface area (Å²) in [5, 5.41) is 3.56. The fourth-order valence-electron chi connectivity index (χ4n) is 3.30. The van der Waals surface area contributed by atoms with Gasteiger partial charge in [-0.25, -0.2) is 4.79 Å². The summed E-state index contributed by atoms with van der Waals surface area (Å²) in [6, 6.07) is 7.53. The Kier molecular flexibility index (Phi) is 5.61. The van der Waals surface area contributed by atoms with Gasteiger partial charge in [-0.3, -0.25) is 4.99 Å². The van der Waals surface area contributed by atoms with Gasteiger partial charge in [0.05, 0.1) is 19.4 Å². The molecule has 5 nitrogen and oxygen atoms in total. The van der Waals surface area contributed by atoms with Crippen molar-refractivity contribution < 1.29 is 14.3 Å². The van der Waals surface area contributed by atoms with Gasteiger partial charge in [0.1, 0.15) is 5.75 Å². The highest BCUT2D eigenvalue weighted by Gasteiger charge is 2.36. The number of esters is 1. The molecule has 1 aromatic rings. The van der Waals surface area contributed by atoms with Crippen molar-refractivity contribution in [3.05, 3.63) is 34.9 Å². The number of carbonyl (C=O) groups is 1. The Balaban J connectivity index is 1.87. The van der Waals surface area contributed by atoms with Crippen molar-refractivity contribution >= 4 is 29.1 Å². The lowest BCUT2D eigenvalue weighted by Gasteiger charge is -2.36. The maximum Gasteiger partial charge on any atom is 0.331 e. The Morgan fingerprint density at radius 3 is 2.69 bits per heavy atom. The molecule has 140 valence electrons. The lowest BCUT2D eigenvalue weighted by atomic mass is 9.78. The maximum atomic E-state index is 12.1. The van der Waals surface area contributed by atoms with E-state index in [9.17, 15) is 4.79 Å². The largest absolute Gasteiger partial charge is 0.497 e. The van der Waals surface area contributed by atoms with Gasteiger partial charge in [-0.05, 0) is 49.4 Å². The van der Waals surface area contributed by atoms with Gasteiger partial charge in [0.15, 0.2) is 6.04 Å². The second-order valence-corrected chi connectivity index (χ2v) is 8.36. The van der Waals surface area contributed by atoms with Gasteiger partial charge in [0.25, 0.3) is 0 Å². The number of nitrogens with one attached hydrogen (secondary N) is 1. The van der Waals surface area contributed by atoms with Crippen molar-refractivity contribution in [3.63, 3.8) is 0 Å². The lowest BCUT2D eigenvalue weighted by molar-refractivity contribution is -0.143. The summed E-state index contributed by atoms with van der Waals surface area (Å²) in [6.45, 7) is 6.69. The third-order valence-electron chi connectivity index (χ3n) is 4.48. The first-order chi connectivity index (χ1) is 12.4. The predicted molar refractivity (Wildman–Crippen MR) is 107 cm³/mol. The number of nitrogens with zero attached hydrogens (tertiary/aromatic N) is 1. The minimum absolute atomic E-state index is 0.0915. The molecule has 0 amide bonds. The third-order valence-corrected chi connectivity index (χ3v) is 5.73. The molecule has 6 heteroatoms. The topological polar surface area (TPSA) is 59.9 Å². The van der Waals surface area contributed by atoms with Crippen LogP contribution in [0.4, 0.5) is 5.69 Å². The molecule has 2 aliphatic rings. The Hall–Kier alpha value is -1.95. The van der Waals surface area contributed by atoms with Gasteiger partial charge < -0.3 is 14.8 Å². The predicted octanol–water partition coefficient (Wildman–Crippen LogP) is 4.26. The van der Waals surface area contributed by atoms with Crippen molar-refractivity contribution in [3.8, 4) is 5.75 Å². The smallest absolute Gasteiger partial charge is 0.331 e. The minimum Gasteiger partial charge on any atom is -0.497 e. The number of ether oxygens (including phenoxy) is 2. The van der Waals surface area contributed by atoms with E-state index in [1.54, 1.807) is 18.9 Å².